The minimum absolute atomic E-state index is 0.359. The zero-order chi connectivity index (χ0) is 15.2. The second-order valence-corrected chi connectivity index (χ2v) is 4.33. The Morgan fingerprint density at radius 3 is 2.62 bits per heavy atom. The fourth-order valence-electron chi connectivity index (χ4n) is 1.81. The first-order chi connectivity index (χ1) is 10.1. The van der Waals surface area contributed by atoms with Gasteiger partial charge in [0.15, 0.2) is 6.61 Å². The fraction of sp³-hybridized carbons (Fsp3) is 0.200. The van der Waals surface area contributed by atoms with E-state index in [-0.39, 0.29) is 6.61 Å². The molecule has 1 aromatic heterocycles. The van der Waals surface area contributed by atoms with Gasteiger partial charge in [0.2, 0.25) is 0 Å². The largest absolute Gasteiger partial charge is 0.495 e. The van der Waals surface area contributed by atoms with Crippen LogP contribution in [0.2, 0.25) is 0 Å². The van der Waals surface area contributed by atoms with Gasteiger partial charge in [0.05, 0.1) is 12.8 Å². The Labute approximate surface area is 122 Å². The highest BCUT2D eigenvalue weighted by Crippen LogP contribution is 2.22. The Kier molecular flexibility index (Phi) is 4.61. The van der Waals surface area contributed by atoms with Crippen LogP contribution in [-0.4, -0.2) is 30.2 Å². The maximum absolute atomic E-state index is 11.8. The topological polar surface area (TPSA) is 69.6 Å². The number of hydrogen-bond donors (Lipinski definition) is 1. The number of nitrogens with zero attached hydrogens (tertiary/aromatic N) is 1. The lowest BCUT2D eigenvalue weighted by Crippen LogP contribution is -2.22. The molecule has 0 fully saturated rings. The molecule has 0 spiro atoms. The first-order valence-corrected chi connectivity index (χ1v) is 6.33. The number of carbonyl (C=O) groups excluding carboxylic acids is 2. The van der Waals surface area contributed by atoms with Gasteiger partial charge in [-0.05, 0) is 24.3 Å². The fourth-order valence-corrected chi connectivity index (χ4v) is 1.81. The first kappa shape index (κ1) is 14.6. The molecule has 0 bridgehead atoms. The van der Waals surface area contributed by atoms with Crippen LogP contribution in [0.15, 0.2) is 42.6 Å². The summed E-state index contributed by atoms with van der Waals surface area (Å²) in [5.74, 6) is -0.431. The predicted molar refractivity (Wildman–Crippen MR) is 77.3 cm³/mol. The van der Waals surface area contributed by atoms with Crippen molar-refractivity contribution in [1.29, 1.82) is 0 Å². The minimum Gasteiger partial charge on any atom is -0.495 e. The van der Waals surface area contributed by atoms with Crippen LogP contribution in [0.5, 0.6) is 5.75 Å². The van der Waals surface area contributed by atoms with E-state index in [0.29, 0.717) is 17.1 Å². The van der Waals surface area contributed by atoms with Gasteiger partial charge in [0.1, 0.15) is 11.4 Å². The van der Waals surface area contributed by atoms with E-state index in [4.69, 9.17) is 9.47 Å². The highest BCUT2D eigenvalue weighted by Gasteiger charge is 2.13. The number of methoxy groups -OCH3 is 1. The number of hydrogen-bond acceptors (Lipinski definition) is 4. The summed E-state index contributed by atoms with van der Waals surface area (Å²) in [6.07, 6.45) is 1.73. The normalized spacial score (nSPS) is 10.0. The molecule has 0 unspecified atom stereocenters. The highest BCUT2D eigenvalue weighted by atomic mass is 16.5. The van der Waals surface area contributed by atoms with Gasteiger partial charge in [-0.25, -0.2) is 4.79 Å². The highest BCUT2D eigenvalue weighted by molar-refractivity contribution is 5.95. The summed E-state index contributed by atoms with van der Waals surface area (Å²) in [5.41, 5.74) is 0.917. The van der Waals surface area contributed by atoms with Crippen molar-refractivity contribution in [3.63, 3.8) is 0 Å². The van der Waals surface area contributed by atoms with E-state index < -0.39 is 11.9 Å². The number of carbonyl (C=O) groups is 2. The molecule has 0 saturated heterocycles. The number of ether oxygens (including phenoxy) is 2. The van der Waals surface area contributed by atoms with Crippen LogP contribution in [0.25, 0.3) is 0 Å². The smallest absolute Gasteiger partial charge is 0.355 e. The number of rotatable bonds is 5. The first-order valence-electron chi connectivity index (χ1n) is 6.33. The van der Waals surface area contributed by atoms with Crippen LogP contribution < -0.4 is 10.1 Å². The molecule has 0 aliphatic heterocycles. The molecule has 0 aliphatic carbocycles. The minimum atomic E-state index is -0.544. The third-order valence-corrected chi connectivity index (χ3v) is 2.87. The molecule has 1 amide bonds. The molecule has 0 radical (unpaired) electrons. The number of amides is 1. The second-order valence-electron chi connectivity index (χ2n) is 4.33. The Morgan fingerprint density at radius 2 is 1.95 bits per heavy atom. The summed E-state index contributed by atoms with van der Waals surface area (Å²) >= 11 is 0. The third-order valence-electron chi connectivity index (χ3n) is 2.87. The molecule has 6 heteroatoms. The van der Waals surface area contributed by atoms with Crippen LogP contribution in [0, 0.1) is 0 Å². The van der Waals surface area contributed by atoms with Gasteiger partial charge in [-0.2, -0.15) is 0 Å². The number of aryl methyl sites for hydroxylation is 1. The zero-order valence-electron chi connectivity index (χ0n) is 11.8. The van der Waals surface area contributed by atoms with Gasteiger partial charge in [-0.3, -0.25) is 4.79 Å². The molecule has 1 aromatic carbocycles. The number of para-hydroxylation sites is 2. The van der Waals surface area contributed by atoms with Crippen molar-refractivity contribution < 1.29 is 19.1 Å². The van der Waals surface area contributed by atoms with Gasteiger partial charge in [0, 0.05) is 13.2 Å². The van der Waals surface area contributed by atoms with Crippen LogP contribution in [-0.2, 0) is 16.6 Å². The average Bonchev–Trinajstić information content (AvgIpc) is 2.91. The summed E-state index contributed by atoms with van der Waals surface area (Å²) < 4.78 is 11.7. The molecule has 0 aliphatic rings. The van der Waals surface area contributed by atoms with Crippen molar-refractivity contribution in [2.75, 3.05) is 19.0 Å². The van der Waals surface area contributed by atoms with Crippen molar-refractivity contribution in [2.24, 2.45) is 7.05 Å². The van der Waals surface area contributed by atoms with Gasteiger partial charge in [-0.1, -0.05) is 12.1 Å². The molecule has 2 aromatic rings. The van der Waals surface area contributed by atoms with E-state index >= 15 is 0 Å². The Bertz CT molecular complexity index is 649. The van der Waals surface area contributed by atoms with Gasteiger partial charge < -0.3 is 19.4 Å². The van der Waals surface area contributed by atoms with Gasteiger partial charge in [0.25, 0.3) is 5.91 Å². The van der Waals surface area contributed by atoms with E-state index in [1.807, 2.05) is 0 Å². The lowest BCUT2D eigenvalue weighted by Gasteiger charge is -2.10. The quantitative estimate of drug-likeness (QED) is 0.852. The monoisotopic (exact) mass is 288 g/mol. The van der Waals surface area contributed by atoms with E-state index in [0.717, 1.165) is 0 Å². The van der Waals surface area contributed by atoms with Crippen molar-refractivity contribution in [1.82, 2.24) is 4.57 Å². The number of esters is 1. The predicted octanol–water partition coefficient (Wildman–Crippen LogP) is 1.83. The summed E-state index contributed by atoms with van der Waals surface area (Å²) in [4.78, 5) is 23.5. The number of aromatic nitrogens is 1. The van der Waals surface area contributed by atoms with Gasteiger partial charge >= 0.3 is 5.97 Å². The summed E-state index contributed by atoms with van der Waals surface area (Å²) in [7, 11) is 3.24. The molecule has 0 saturated carbocycles. The van der Waals surface area contributed by atoms with Crippen LogP contribution in [0.4, 0.5) is 5.69 Å². The lowest BCUT2D eigenvalue weighted by atomic mass is 10.3. The molecular formula is C15H16N2O4. The van der Waals surface area contributed by atoms with Crippen molar-refractivity contribution >= 4 is 17.6 Å². The van der Waals surface area contributed by atoms with Crippen molar-refractivity contribution in [3.05, 3.63) is 48.3 Å². The standard InChI is InChI=1S/C15H16N2O4/c1-17-9-5-7-12(17)15(19)21-10-14(18)16-11-6-3-4-8-13(11)20-2/h3-9H,10H2,1-2H3,(H,16,18). The third kappa shape index (κ3) is 3.62. The number of benzene rings is 1. The molecule has 110 valence electrons. The van der Waals surface area contributed by atoms with Crippen molar-refractivity contribution in [2.45, 2.75) is 0 Å². The lowest BCUT2D eigenvalue weighted by molar-refractivity contribution is -0.119. The maximum Gasteiger partial charge on any atom is 0.355 e. The SMILES string of the molecule is COc1ccccc1NC(=O)COC(=O)c1cccn1C. The van der Waals surface area contributed by atoms with E-state index in [1.54, 1.807) is 54.2 Å². The summed E-state index contributed by atoms with van der Waals surface area (Å²) in [6.45, 7) is -0.359. The maximum atomic E-state index is 11.8. The van der Waals surface area contributed by atoms with Crippen LogP contribution >= 0.6 is 0 Å². The summed E-state index contributed by atoms with van der Waals surface area (Å²) in [5, 5.41) is 2.63. The van der Waals surface area contributed by atoms with E-state index in [1.165, 1.54) is 7.11 Å². The zero-order valence-corrected chi connectivity index (χ0v) is 11.8. The molecule has 0 atom stereocenters. The second kappa shape index (κ2) is 6.60. The molecule has 1 N–H and O–H groups in total. The molecule has 21 heavy (non-hydrogen) atoms. The molecular weight excluding hydrogens is 272 g/mol. The van der Waals surface area contributed by atoms with Crippen molar-refractivity contribution in [3.8, 4) is 5.75 Å². The average molecular weight is 288 g/mol. The van der Waals surface area contributed by atoms with E-state index in [2.05, 4.69) is 5.32 Å². The Hall–Kier alpha value is -2.76. The van der Waals surface area contributed by atoms with Crippen LogP contribution in [0.3, 0.4) is 0 Å². The Balaban J connectivity index is 1.91. The Morgan fingerprint density at radius 1 is 1.19 bits per heavy atom. The molecule has 2 rings (SSSR count). The summed E-state index contributed by atoms with van der Waals surface area (Å²) in [6, 6.07) is 10.4. The number of anilines is 1. The molecule has 1 heterocycles. The van der Waals surface area contributed by atoms with Crippen LogP contribution in [0.1, 0.15) is 10.5 Å². The van der Waals surface area contributed by atoms with E-state index in [9.17, 15) is 9.59 Å². The van der Waals surface area contributed by atoms with Gasteiger partial charge in [-0.15, -0.1) is 0 Å². The molecule has 6 nitrogen and oxygen atoms in total. The number of nitrogens with one attached hydrogen (secondary N) is 1.